The van der Waals surface area contributed by atoms with Crippen LogP contribution in [0.5, 0.6) is 0 Å². The van der Waals surface area contributed by atoms with Crippen LogP contribution < -0.4 is 5.73 Å². The number of nitrogens with zero attached hydrogens (tertiary/aromatic N) is 2. The number of carbonyl (C=O) groups excluding carboxylic acids is 1. The number of likely N-dealkylation sites (N-methyl/N-ethyl adjacent to an activating group) is 1. The molecule has 2 atom stereocenters. The Hall–Kier alpha value is -1.33. The Labute approximate surface area is 114 Å². The molecular formula is C14H23N3O2. The van der Waals surface area contributed by atoms with Crippen molar-refractivity contribution in [1.29, 1.82) is 0 Å². The molecule has 5 nitrogen and oxygen atoms in total. The third-order valence-electron chi connectivity index (χ3n) is 3.72. The summed E-state index contributed by atoms with van der Waals surface area (Å²) < 4.78 is 5.48. The molecule has 19 heavy (non-hydrogen) atoms. The van der Waals surface area contributed by atoms with Gasteiger partial charge in [0.1, 0.15) is 11.5 Å². The van der Waals surface area contributed by atoms with Gasteiger partial charge >= 0.3 is 0 Å². The van der Waals surface area contributed by atoms with E-state index in [1.165, 1.54) is 0 Å². The number of carbonyl (C=O) groups is 1. The molecule has 1 aromatic heterocycles. The van der Waals surface area contributed by atoms with Crippen molar-refractivity contribution in [3.63, 3.8) is 0 Å². The molecule has 1 saturated heterocycles. The molecule has 0 radical (unpaired) electrons. The lowest BCUT2D eigenvalue weighted by atomic mass is 10.1. The highest BCUT2D eigenvalue weighted by Crippen LogP contribution is 2.14. The Balaban J connectivity index is 1.83. The standard InChI is InChI=1S/C14H23N3O2/c1-10-6-17(8-13(10)15)9-14(18)16(3)7-12-5-4-11(2)19-12/h4-5,10,13H,6-9,15H2,1-3H3. The van der Waals surface area contributed by atoms with Gasteiger partial charge in [-0.15, -0.1) is 0 Å². The molecule has 2 heterocycles. The first-order valence-electron chi connectivity index (χ1n) is 6.73. The molecule has 0 spiro atoms. The van der Waals surface area contributed by atoms with Crippen molar-refractivity contribution >= 4 is 5.91 Å². The summed E-state index contributed by atoms with van der Waals surface area (Å²) in [5.41, 5.74) is 5.97. The zero-order chi connectivity index (χ0) is 14.0. The topological polar surface area (TPSA) is 62.7 Å². The molecule has 106 valence electrons. The number of amides is 1. The number of nitrogens with two attached hydrogens (primary N) is 1. The zero-order valence-electron chi connectivity index (χ0n) is 11.9. The maximum Gasteiger partial charge on any atom is 0.236 e. The predicted octanol–water partition coefficient (Wildman–Crippen LogP) is 0.825. The average Bonchev–Trinajstić information content (AvgIpc) is 2.86. The van der Waals surface area contributed by atoms with E-state index in [1.54, 1.807) is 11.9 Å². The molecule has 1 fully saturated rings. The molecule has 2 N–H and O–H groups in total. The van der Waals surface area contributed by atoms with Gasteiger partial charge in [-0.25, -0.2) is 0 Å². The minimum atomic E-state index is 0.107. The summed E-state index contributed by atoms with van der Waals surface area (Å²) in [6.07, 6.45) is 0. The summed E-state index contributed by atoms with van der Waals surface area (Å²) in [5.74, 6) is 2.26. The lowest BCUT2D eigenvalue weighted by Crippen LogP contribution is -2.38. The highest BCUT2D eigenvalue weighted by Gasteiger charge is 2.28. The average molecular weight is 265 g/mol. The fourth-order valence-corrected chi connectivity index (χ4v) is 2.43. The molecule has 2 unspecified atom stereocenters. The van der Waals surface area contributed by atoms with Crippen molar-refractivity contribution in [2.24, 2.45) is 11.7 Å². The van der Waals surface area contributed by atoms with E-state index in [-0.39, 0.29) is 11.9 Å². The first kappa shape index (κ1) is 14.1. The third-order valence-corrected chi connectivity index (χ3v) is 3.72. The molecule has 0 saturated carbocycles. The van der Waals surface area contributed by atoms with Gasteiger partial charge in [0.05, 0.1) is 13.1 Å². The highest BCUT2D eigenvalue weighted by molar-refractivity contribution is 5.78. The van der Waals surface area contributed by atoms with Crippen molar-refractivity contribution in [3.05, 3.63) is 23.7 Å². The lowest BCUT2D eigenvalue weighted by Gasteiger charge is -2.20. The molecule has 5 heteroatoms. The van der Waals surface area contributed by atoms with Crippen LogP contribution in [-0.2, 0) is 11.3 Å². The van der Waals surface area contributed by atoms with Crippen LogP contribution in [0, 0.1) is 12.8 Å². The van der Waals surface area contributed by atoms with Gasteiger partial charge in [0.15, 0.2) is 0 Å². The molecule has 0 aliphatic carbocycles. The van der Waals surface area contributed by atoms with E-state index >= 15 is 0 Å². The predicted molar refractivity (Wildman–Crippen MR) is 73.5 cm³/mol. The van der Waals surface area contributed by atoms with Crippen LogP contribution in [0.25, 0.3) is 0 Å². The summed E-state index contributed by atoms with van der Waals surface area (Å²) in [4.78, 5) is 16.0. The van der Waals surface area contributed by atoms with Crippen molar-refractivity contribution in [2.75, 3.05) is 26.7 Å². The number of likely N-dealkylation sites (tertiary alicyclic amines) is 1. The van der Waals surface area contributed by atoms with Gasteiger partial charge in [-0.05, 0) is 25.0 Å². The van der Waals surface area contributed by atoms with E-state index in [9.17, 15) is 4.79 Å². The van der Waals surface area contributed by atoms with Gasteiger partial charge in [0, 0.05) is 26.2 Å². The van der Waals surface area contributed by atoms with Crippen LogP contribution in [0.2, 0.25) is 0 Å². The second kappa shape index (κ2) is 5.75. The van der Waals surface area contributed by atoms with E-state index < -0.39 is 0 Å². The second-order valence-electron chi connectivity index (χ2n) is 5.60. The summed E-state index contributed by atoms with van der Waals surface area (Å²) in [6, 6.07) is 4.01. The molecule has 0 bridgehead atoms. The normalized spacial score (nSPS) is 23.8. The molecule has 2 rings (SSSR count). The van der Waals surface area contributed by atoms with E-state index in [4.69, 9.17) is 10.2 Å². The molecule has 0 aromatic carbocycles. The largest absolute Gasteiger partial charge is 0.464 e. The van der Waals surface area contributed by atoms with Crippen LogP contribution in [0.4, 0.5) is 0 Å². The van der Waals surface area contributed by atoms with Crippen LogP contribution >= 0.6 is 0 Å². The Bertz CT molecular complexity index is 434. The van der Waals surface area contributed by atoms with Crippen molar-refractivity contribution in [2.45, 2.75) is 26.4 Å². The zero-order valence-corrected chi connectivity index (χ0v) is 11.9. The Morgan fingerprint density at radius 3 is 2.79 bits per heavy atom. The van der Waals surface area contributed by atoms with Crippen molar-refractivity contribution in [1.82, 2.24) is 9.80 Å². The van der Waals surface area contributed by atoms with Crippen molar-refractivity contribution < 1.29 is 9.21 Å². The number of rotatable bonds is 4. The summed E-state index contributed by atoms with van der Waals surface area (Å²) in [6.45, 7) is 6.69. The van der Waals surface area contributed by atoms with E-state index in [2.05, 4.69) is 11.8 Å². The molecule has 1 aliphatic heterocycles. The van der Waals surface area contributed by atoms with Crippen LogP contribution in [0.3, 0.4) is 0 Å². The minimum Gasteiger partial charge on any atom is -0.464 e. The molecule has 1 aliphatic rings. The summed E-state index contributed by atoms with van der Waals surface area (Å²) >= 11 is 0. The monoisotopic (exact) mass is 265 g/mol. The number of aryl methyl sites for hydroxylation is 1. The van der Waals surface area contributed by atoms with Crippen LogP contribution in [0.1, 0.15) is 18.4 Å². The van der Waals surface area contributed by atoms with Gasteiger partial charge < -0.3 is 15.1 Å². The number of hydrogen-bond donors (Lipinski definition) is 1. The smallest absolute Gasteiger partial charge is 0.236 e. The van der Waals surface area contributed by atoms with Gasteiger partial charge in [0.2, 0.25) is 5.91 Å². The summed E-state index contributed by atoms with van der Waals surface area (Å²) in [5, 5.41) is 0. The number of furan rings is 1. The number of hydrogen-bond acceptors (Lipinski definition) is 4. The van der Waals surface area contributed by atoms with Crippen LogP contribution in [0.15, 0.2) is 16.5 Å². The third kappa shape index (κ3) is 3.58. The maximum absolute atomic E-state index is 12.1. The van der Waals surface area contributed by atoms with Gasteiger partial charge in [-0.2, -0.15) is 0 Å². The first-order chi connectivity index (χ1) is 8.95. The Morgan fingerprint density at radius 2 is 2.26 bits per heavy atom. The van der Waals surface area contributed by atoms with E-state index in [0.717, 1.165) is 24.6 Å². The minimum absolute atomic E-state index is 0.107. The fourth-order valence-electron chi connectivity index (χ4n) is 2.43. The molecule has 1 amide bonds. The first-order valence-corrected chi connectivity index (χ1v) is 6.73. The SMILES string of the molecule is Cc1ccc(CN(C)C(=O)CN2CC(C)C(N)C2)o1. The van der Waals surface area contributed by atoms with Crippen molar-refractivity contribution in [3.8, 4) is 0 Å². The fraction of sp³-hybridized carbons (Fsp3) is 0.643. The van der Waals surface area contributed by atoms with E-state index in [0.29, 0.717) is 19.0 Å². The van der Waals surface area contributed by atoms with E-state index in [1.807, 2.05) is 19.1 Å². The summed E-state index contributed by atoms with van der Waals surface area (Å²) in [7, 11) is 1.81. The highest BCUT2D eigenvalue weighted by atomic mass is 16.3. The maximum atomic E-state index is 12.1. The Kier molecular flexibility index (Phi) is 4.27. The Morgan fingerprint density at radius 1 is 1.53 bits per heavy atom. The van der Waals surface area contributed by atoms with Gasteiger partial charge in [-0.1, -0.05) is 6.92 Å². The second-order valence-corrected chi connectivity index (χ2v) is 5.60. The quantitative estimate of drug-likeness (QED) is 0.875. The van der Waals surface area contributed by atoms with Gasteiger partial charge in [-0.3, -0.25) is 9.69 Å². The lowest BCUT2D eigenvalue weighted by molar-refractivity contribution is -0.131. The molecule has 1 aromatic rings. The molecular weight excluding hydrogens is 242 g/mol. The van der Waals surface area contributed by atoms with Gasteiger partial charge in [0.25, 0.3) is 0 Å². The van der Waals surface area contributed by atoms with Crippen LogP contribution in [-0.4, -0.2) is 48.4 Å².